The zero-order valence-corrected chi connectivity index (χ0v) is 9.16. The van der Waals surface area contributed by atoms with Gasteiger partial charge in [0.1, 0.15) is 11.6 Å². The number of benzene rings is 1. The van der Waals surface area contributed by atoms with Gasteiger partial charge in [0.25, 0.3) is 0 Å². The summed E-state index contributed by atoms with van der Waals surface area (Å²) in [7, 11) is 0. The highest BCUT2D eigenvalue weighted by Crippen LogP contribution is 2.36. The second-order valence-electron chi connectivity index (χ2n) is 4.85. The normalized spacial score (nSPS) is 32.7. The monoisotopic (exact) mass is 221 g/mol. The maximum Gasteiger partial charge on any atom is 0.126 e. The van der Waals surface area contributed by atoms with E-state index >= 15 is 0 Å². The minimum absolute atomic E-state index is 0.225. The molecule has 3 heteroatoms. The van der Waals surface area contributed by atoms with Crippen LogP contribution in [-0.4, -0.2) is 19.2 Å². The van der Waals surface area contributed by atoms with Gasteiger partial charge in [0, 0.05) is 6.07 Å². The van der Waals surface area contributed by atoms with Crippen molar-refractivity contribution in [3.8, 4) is 5.75 Å². The van der Waals surface area contributed by atoms with Crippen molar-refractivity contribution in [2.45, 2.75) is 18.9 Å². The van der Waals surface area contributed by atoms with E-state index in [2.05, 4.69) is 5.32 Å². The molecule has 1 aromatic carbocycles. The van der Waals surface area contributed by atoms with Crippen LogP contribution in [0.1, 0.15) is 12.8 Å². The van der Waals surface area contributed by atoms with E-state index < -0.39 is 0 Å². The third kappa shape index (κ3) is 1.92. The van der Waals surface area contributed by atoms with Crippen molar-refractivity contribution in [3.05, 3.63) is 30.1 Å². The molecular weight excluding hydrogens is 205 g/mol. The van der Waals surface area contributed by atoms with Crippen LogP contribution in [0.3, 0.4) is 0 Å². The number of halogens is 1. The smallest absolute Gasteiger partial charge is 0.126 e. The zero-order valence-electron chi connectivity index (χ0n) is 9.16. The van der Waals surface area contributed by atoms with E-state index in [1.54, 1.807) is 6.07 Å². The van der Waals surface area contributed by atoms with Crippen molar-refractivity contribution in [2.75, 3.05) is 13.1 Å². The van der Waals surface area contributed by atoms with Gasteiger partial charge in [0.15, 0.2) is 0 Å². The van der Waals surface area contributed by atoms with Gasteiger partial charge in [-0.2, -0.15) is 0 Å². The summed E-state index contributed by atoms with van der Waals surface area (Å²) in [6.07, 6.45) is 2.49. The van der Waals surface area contributed by atoms with Crippen molar-refractivity contribution >= 4 is 0 Å². The van der Waals surface area contributed by atoms with Gasteiger partial charge in [-0.05, 0) is 49.9 Å². The van der Waals surface area contributed by atoms with E-state index in [9.17, 15) is 4.39 Å². The van der Waals surface area contributed by atoms with Crippen LogP contribution in [0.4, 0.5) is 4.39 Å². The number of ether oxygens (including phenoxy) is 1. The summed E-state index contributed by atoms with van der Waals surface area (Å²) in [5.41, 5.74) is 0. The molecule has 2 nitrogen and oxygen atoms in total. The summed E-state index contributed by atoms with van der Waals surface area (Å²) in [6, 6.07) is 6.43. The molecule has 2 unspecified atom stereocenters. The van der Waals surface area contributed by atoms with Crippen molar-refractivity contribution in [3.63, 3.8) is 0 Å². The van der Waals surface area contributed by atoms with Gasteiger partial charge in [-0.1, -0.05) is 6.07 Å². The number of hydrogen-bond acceptors (Lipinski definition) is 2. The molecule has 1 heterocycles. The molecule has 1 saturated heterocycles. The molecule has 2 fully saturated rings. The maximum atomic E-state index is 13.0. The first-order valence-corrected chi connectivity index (χ1v) is 5.94. The molecule has 0 bridgehead atoms. The first-order chi connectivity index (χ1) is 7.81. The van der Waals surface area contributed by atoms with Crippen LogP contribution in [0.5, 0.6) is 5.75 Å². The second kappa shape index (κ2) is 4.06. The van der Waals surface area contributed by atoms with Crippen LogP contribution in [0.15, 0.2) is 24.3 Å². The molecule has 2 atom stereocenters. The molecule has 0 amide bonds. The van der Waals surface area contributed by atoms with E-state index in [0.717, 1.165) is 37.8 Å². The van der Waals surface area contributed by atoms with Crippen LogP contribution in [0.25, 0.3) is 0 Å². The molecule has 1 aromatic rings. The molecule has 16 heavy (non-hydrogen) atoms. The highest BCUT2D eigenvalue weighted by molar-refractivity contribution is 5.22. The summed E-state index contributed by atoms with van der Waals surface area (Å²) in [5.74, 6) is 1.97. The maximum absolute atomic E-state index is 13.0. The van der Waals surface area contributed by atoms with E-state index in [1.807, 2.05) is 6.07 Å². The largest absolute Gasteiger partial charge is 0.490 e. The standard InChI is InChI=1S/C13H16FNO/c14-11-2-1-3-12(6-11)16-13-4-9-7-15-8-10(9)5-13/h1-3,6,9-10,13,15H,4-5,7-8H2. The summed E-state index contributed by atoms with van der Waals surface area (Å²) < 4.78 is 18.8. The Labute approximate surface area is 94.8 Å². The van der Waals surface area contributed by atoms with Crippen LogP contribution in [0.2, 0.25) is 0 Å². The molecule has 86 valence electrons. The topological polar surface area (TPSA) is 21.3 Å². The van der Waals surface area contributed by atoms with Gasteiger partial charge in [-0.25, -0.2) is 4.39 Å². The minimum Gasteiger partial charge on any atom is -0.490 e. The van der Waals surface area contributed by atoms with Gasteiger partial charge >= 0.3 is 0 Å². The molecule has 1 N–H and O–H groups in total. The predicted octanol–water partition coefficient (Wildman–Crippen LogP) is 2.20. The first-order valence-electron chi connectivity index (χ1n) is 5.94. The number of hydrogen-bond donors (Lipinski definition) is 1. The third-order valence-corrected chi connectivity index (χ3v) is 3.71. The van der Waals surface area contributed by atoms with Gasteiger partial charge < -0.3 is 10.1 Å². The molecule has 3 rings (SSSR count). The van der Waals surface area contributed by atoms with E-state index in [0.29, 0.717) is 5.75 Å². The van der Waals surface area contributed by atoms with Crippen LogP contribution < -0.4 is 10.1 Å². The van der Waals surface area contributed by atoms with Gasteiger partial charge in [-0.15, -0.1) is 0 Å². The second-order valence-corrected chi connectivity index (χ2v) is 4.85. The highest BCUT2D eigenvalue weighted by Gasteiger charge is 2.38. The lowest BCUT2D eigenvalue weighted by molar-refractivity contribution is 0.198. The summed E-state index contributed by atoms with van der Waals surface area (Å²) in [6.45, 7) is 2.24. The highest BCUT2D eigenvalue weighted by atomic mass is 19.1. The molecule has 1 aliphatic heterocycles. The average Bonchev–Trinajstić information content (AvgIpc) is 2.77. The lowest BCUT2D eigenvalue weighted by Gasteiger charge is -2.14. The fourth-order valence-corrected chi connectivity index (χ4v) is 2.94. The fourth-order valence-electron chi connectivity index (χ4n) is 2.94. The molecule has 0 radical (unpaired) electrons. The SMILES string of the molecule is Fc1cccc(OC2CC3CNCC3C2)c1. The predicted molar refractivity (Wildman–Crippen MR) is 59.9 cm³/mol. The zero-order chi connectivity index (χ0) is 11.0. The fraction of sp³-hybridized carbons (Fsp3) is 0.538. The summed E-state index contributed by atoms with van der Waals surface area (Å²) in [5, 5.41) is 3.40. The van der Waals surface area contributed by atoms with Crippen LogP contribution in [-0.2, 0) is 0 Å². The Hall–Kier alpha value is -1.09. The number of fused-ring (bicyclic) bond motifs is 1. The Morgan fingerprint density at radius 1 is 1.19 bits per heavy atom. The minimum atomic E-state index is -0.225. The van der Waals surface area contributed by atoms with Gasteiger partial charge in [0.2, 0.25) is 0 Å². The van der Waals surface area contributed by atoms with E-state index in [4.69, 9.17) is 4.74 Å². The van der Waals surface area contributed by atoms with Crippen molar-refractivity contribution in [1.82, 2.24) is 5.32 Å². The number of nitrogens with one attached hydrogen (secondary N) is 1. The molecule has 0 aromatic heterocycles. The van der Waals surface area contributed by atoms with Crippen molar-refractivity contribution < 1.29 is 9.13 Å². The third-order valence-electron chi connectivity index (χ3n) is 3.71. The van der Waals surface area contributed by atoms with Crippen molar-refractivity contribution in [1.29, 1.82) is 0 Å². The summed E-state index contributed by atoms with van der Waals surface area (Å²) in [4.78, 5) is 0. The average molecular weight is 221 g/mol. The Kier molecular flexibility index (Phi) is 2.56. The Bertz CT molecular complexity index is 370. The van der Waals surface area contributed by atoms with Crippen LogP contribution in [0, 0.1) is 17.7 Å². The molecule has 1 aliphatic carbocycles. The Balaban J connectivity index is 1.64. The van der Waals surface area contributed by atoms with Gasteiger partial charge in [0.05, 0.1) is 6.10 Å². The van der Waals surface area contributed by atoms with E-state index in [1.165, 1.54) is 12.1 Å². The first kappa shape index (κ1) is 10.1. The lowest BCUT2D eigenvalue weighted by Crippen LogP contribution is -2.18. The van der Waals surface area contributed by atoms with E-state index in [-0.39, 0.29) is 11.9 Å². The molecule has 1 saturated carbocycles. The molecule has 0 spiro atoms. The van der Waals surface area contributed by atoms with Gasteiger partial charge in [-0.3, -0.25) is 0 Å². The Morgan fingerprint density at radius 2 is 1.94 bits per heavy atom. The quantitative estimate of drug-likeness (QED) is 0.826. The lowest BCUT2D eigenvalue weighted by atomic mass is 10.0. The van der Waals surface area contributed by atoms with Crippen molar-refractivity contribution in [2.24, 2.45) is 11.8 Å². The number of rotatable bonds is 2. The molecular formula is C13H16FNO. The van der Waals surface area contributed by atoms with Crippen LogP contribution >= 0.6 is 0 Å². The summed E-state index contributed by atoms with van der Waals surface area (Å²) >= 11 is 0. The Morgan fingerprint density at radius 3 is 2.62 bits per heavy atom. The molecule has 2 aliphatic rings.